The second-order valence-electron chi connectivity index (χ2n) is 2.46. The molecule has 0 amide bonds. The monoisotopic (exact) mass is 210 g/mol. The van der Waals surface area contributed by atoms with Gasteiger partial charge in [-0.25, -0.2) is 4.90 Å². The molecule has 80 valence electrons. The van der Waals surface area contributed by atoms with Crippen LogP contribution in [0.4, 0.5) is 17.8 Å². The summed E-state index contributed by atoms with van der Waals surface area (Å²) in [5, 5.41) is 14.3. The third-order valence-corrected chi connectivity index (χ3v) is 1.34. The Morgan fingerprint density at radius 1 is 0.933 bits per heavy atom. The first kappa shape index (κ1) is 10.4. The third-order valence-electron chi connectivity index (χ3n) is 1.34. The molecular weight excluding hydrogens is 200 g/mol. The van der Waals surface area contributed by atoms with Gasteiger partial charge in [-0.2, -0.15) is 15.0 Å². The molecule has 0 aliphatic carbocycles. The number of nitrogens with one attached hydrogen (secondary N) is 2. The molecule has 0 aliphatic rings. The summed E-state index contributed by atoms with van der Waals surface area (Å²) in [6.45, 7) is 0. The molecule has 1 rings (SSSR count). The minimum Gasteiger partial charge on any atom is -0.369 e. The van der Waals surface area contributed by atoms with Gasteiger partial charge in [-0.05, 0) is 0 Å². The standard InChI is InChI=1S/C5H10N10/c6-1(7)15(2(8)9)5-13-3(10)12-4(11)14-5/h(H3,6,7)(H3,8,9)(H4,10,11,12,13,14). The Morgan fingerprint density at radius 3 is 1.67 bits per heavy atom. The molecule has 0 fully saturated rings. The topological polar surface area (TPSA) is 194 Å². The highest BCUT2D eigenvalue weighted by molar-refractivity contribution is 6.12. The molecule has 10 nitrogen and oxygen atoms in total. The van der Waals surface area contributed by atoms with Crippen LogP contribution in [0.15, 0.2) is 0 Å². The SMILES string of the molecule is N=C(N)N(C(=N)N)c1nc(N)nc(N)n1. The molecule has 0 saturated carbocycles. The lowest BCUT2D eigenvalue weighted by molar-refractivity contribution is 1.04. The summed E-state index contributed by atoms with van der Waals surface area (Å²) in [5.41, 5.74) is 21.0. The van der Waals surface area contributed by atoms with Gasteiger partial charge < -0.3 is 22.9 Å². The Kier molecular flexibility index (Phi) is 2.51. The first-order valence-electron chi connectivity index (χ1n) is 3.67. The smallest absolute Gasteiger partial charge is 0.246 e. The summed E-state index contributed by atoms with van der Waals surface area (Å²) >= 11 is 0. The van der Waals surface area contributed by atoms with Crippen molar-refractivity contribution in [3.8, 4) is 0 Å². The van der Waals surface area contributed by atoms with Gasteiger partial charge in [0.15, 0.2) is 0 Å². The van der Waals surface area contributed by atoms with E-state index >= 15 is 0 Å². The van der Waals surface area contributed by atoms with Crippen LogP contribution in [0.25, 0.3) is 0 Å². The lowest BCUT2D eigenvalue weighted by Gasteiger charge is -2.17. The van der Waals surface area contributed by atoms with Crippen LogP contribution < -0.4 is 27.8 Å². The molecular formula is C5H10N10. The minimum absolute atomic E-state index is 0.148. The molecule has 10 heteroatoms. The van der Waals surface area contributed by atoms with Crippen molar-refractivity contribution >= 4 is 29.8 Å². The predicted molar refractivity (Wildman–Crippen MR) is 55.0 cm³/mol. The lowest BCUT2D eigenvalue weighted by Crippen LogP contribution is -2.46. The number of hydrogen-bond donors (Lipinski definition) is 6. The van der Waals surface area contributed by atoms with Gasteiger partial charge >= 0.3 is 0 Å². The molecule has 15 heavy (non-hydrogen) atoms. The molecule has 0 bridgehead atoms. The Bertz CT molecular complexity index is 376. The van der Waals surface area contributed by atoms with Crippen LogP contribution in [0.3, 0.4) is 0 Å². The van der Waals surface area contributed by atoms with Gasteiger partial charge in [-0.3, -0.25) is 10.8 Å². The van der Waals surface area contributed by atoms with E-state index in [9.17, 15) is 0 Å². The Morgan fingerprint density at radius 2 is 1.33 bits per heavy atom. The van der Waals surface area contributed by atoms with Crippen molar-refractivity contribution in [1.82, 2.24) is 15.0 Å². The van der Waals surface area contributed by atoms with Crippen molar-refractivity contribution in [2.75, 3.05) is 16.4 Å². The molecule has 10 N–H and O–H groups in total. The summed E-state index contributed by atoms with van der Waals surface area (Å²) in [5.74, 6) is -1.50. The summed E-state index contributed by atoms with van der Waals surface area (Å²) in [6, 6.07) is 0. The van der Waals surface area contributed by atoms with Crippen molar-refractivity contribution in [2.24, 2.45) is 11.5 Å². The van der Waals surface area contributed by atoms with E-state index in [2.05, 4.69) is 15.0 Å². The molecule has 0 spiro atoms. The quantitative estimate of drug-likeness (QED) is 0.218. The summed E-state index contributed by atoms with van der Waals surface area (Å²) in [4.78, 5) is 11.6. The summed E-state index contributed by atoms with van der Waals surface area (Å²) in [7, 11) is 0. The number of nitrogen functional groups attached to an aromatic ring is 2. The van der Waals surface area contributed by atoms with E-state index in [0.29, 0.717) is 0 Å². The molecule has 0 aromatic carbocycles. The molecule has 0 atom stereocenters. The zero-order valence-electron chi connectivity index (χ0n) is 7.60. The predicted octanol–water partition coefficient (Wildman–Crippen LogP) is -2.37. The van der Waals surface area contributed by atoms with Crippen molar-refractivity contribution in [3.05, 3.63) is 0 Å². The van der Waals surface area contributed by atoms with Crippen LogP contribution >= 0.6 is 0 Å². The fourth-order valence-corrected chi connectivity index (χ4v) is 0.843. The maximum Gasteiger partial charge on any atom is 0.246 e. The van der Waals surface area contributed by atoms with E-state index in [1.54, 1.807) is 0 Å². The van der Waals surface area contributed by atoms with Crippen molar-refractivity contribution in [1.29, 1.82) is 10.8 Å². The van der Waals surface area contributed by atoms with Gasteiger partial charge in [-0.1, -0.05) is 0 Å². The highest BCUT2D eigenvalue weighted by atomic mass is 15.4. The van der Waals surface area contributed by atoms with Gasteiger partial charge in [0.1, 0.15) is 0 Å². The number of aromatic nitrogens is 3. The minimum atomic E-state index is -0.521. The average molecular weight is 210 g/mol. The normalized spacial score (nSPS) is 9.60. The highest BCUT2D eigenvalue weighted by Crippen LogP contribution is 2.08. The van der Waals surface area contributed by atoms with Crippen LogP contribution in [0.1, 0.15) is 0 Å². The van der Waals surface area contributed by atoms with E-state index in [0.717, 1.165) is 4.90 Å². The first-order valence-corrected chi connectivity index (χ1v) is 3.67. The van der Waals surface area contributed by atoms with Gasteiger partial charge in [0.05, 0.1) is 0 Å². The van der Waals surface area contributed by atoms with E-state index in [1.807, 2.05) is 0 Å². The molecule has 0 saturated heterocycles. The van der Waals surface area contributed by atoms with Gasteiger partial charge in [0, 0.05) is 0 Å². The van der Waals surface area contributed by atoms with Crippen molar-refractivity contribution < 1.29 is 0 Å². The van der Waals surface area contributed by atoms with E-state index in [1.165, 1.54) is 0 Å². The lowest BCUT2D eigenvalue weighted by atomic mass is 10.6. The molecule has 1 aromatic heterocycles. The number of hydrogen-bond acceptors (Lipinski definition) is 7. The Hall–Kier alpha value is -2.65. The van der Waals surface area contributed by atoms with Crippen molar-refractivity contribution in [3.63, 3.8) is 0 Å². The summed E-state index contributed by atoms with van der Waals surface area (Å²) < 4.78 is 0. The summed E-state index contributed by atoms with van der Waals surface area (Å²) in [6.07, 6.45) is 0. The zero-order valence-corrected chi connectivity index (χ0v) is 7.60. The van der Waals surface area contributed by atoms with Gasteiger partial charge in [-0.15, -0.1) is 0 Å². The zero-order chi connectivity index (χ0) is 11.6. The fraction of sp³-hybridized carbons (Fsp3) is 0. The van der Waals surface area contributed by atoms with Crippen LogP contribution in [-0.2, 0) is 0 Å². The van der Waals surface area contributed by atoms with Gasteiger partial charge in [0.25, 0.3) is 0 Å². The maximum absolute atomic E-state index is 7.16. The van der Waals surface area contributed by atoms with Crippen LogP contribution in [0.5, 0.6) is 0 Å². The largest absolute Gasteiger partial charge is 0.369 e. The highest BCUT2D eigenvalue weighted by Gasteiger charge is 2.17. The van der Waals surface area contributed by atoms with E-state index < -0.39 is 11.9 Å². The fourth-order valence-electron chi connectivity index (χ4n) is 0.843. The maximum atomic E-state index is 7.16. The van der Waals surface area contributed by atoms with Gasteiger partial charge in [0.2, 0.25) is 29.8 Å². The number of nitrogens with zero attached hydrogens (tertiary/aromatic N) is 4. The molecule has 0 aliphatic heterocycles. The number of rotatable bonds is 1. The van der Waals surface area contributed by atoms with E-state index in [4.69, 9.17) is 33.8 Å². The second-order valence-corrected chi connectivity index (χ2v) is 2.46. The molecule has 1 heterocycles. The van der Waals surface area contributed by atoms with Crippen LogP contribution in [0.2, 0.25) is 0 Å². The van der Waals surface area contributed by atoms with E-state index in [-0.39, 0.29) is 17.8 Å². The average Bonchev–Trinajstić information content (AvgIpc) is 1.99. The number of nitrogens with two attached hydrogens (primary N) is 4. The Balaban J connectivity index is 3.22. The first-order chi connectivity index (χ1) is 6.91. The van der Waals surface area contributed by atoms with Crippen molar-refractivity contribution in [2.45, 2.75) is 0 Å². The Labute approximate surface area is 84.3 Å². The molecule has 0 radical (unpaired) electrons. The molecule has 0 unspecified atom stereocenters. The number of guanidine groups is 2. The third kappa shape index (κ3) is 2.18. The van der Waals surface area contributed by atoms with Crippen LogP contribution in [0, 0.1) is 10.8 Å². The molecule has 1 aromatic rings. The number of anilines is 3. The van der Waals surface area contributed by atoms with Crippen LogP contribution in [-0.4, -0.2) is 26.9 Å². The second kappa shape index (κ2) is 3.61.